The molecule has 0 bridgehead atoms. The van der Waals surface area contributed by atoms with Crippen molar-refractivity contribution in [3.63, 3.8) is 0 Å². The summed E-state index contributed by atoms with van der Waals surface area (Å²) in [6, 6.07) is 1.96. The van der Waals surface area contributed by atoms with Crippen LogP contribution in [0.3, 0.4) is 0 Å². The fraction of sp³-hybridized carbons (Fsp3) is 0.625. The molecule has 0 radical (unpaired) electrons. The Morgan fingerprint density at radius 1 is 1.25 bits per heavy atom. The topological polar surface area (TPSA) is 45.2 Å². The Labute approximate surface area is 121 Å². The summed E-state index contributed by atoms with van der Waals surface area (Å²) in [7, 11) is 0. The first-order chi connectivity index (χ1) is 9.72. The van der Waals surface area contributed by atoms with Gasteiger partial charge in [0.2, 0.25) is 0 Å². The lowest BCUT2D eigenvalue weighted by Crippen LogP contribution is -2.34. The number of aromatic nitrogens is 1. The maximum atomic E-state index is 12.7. The molecular weight excluding hydrogens is 250 g/mol. The van der Waals surface area contributed by atoms with E-state index >= 15 is 0 Å². The van der Waals surface area contributed by atoms with Crippen molar-refractivity contribution in [1.29, 1.82) is 0 Å². The molecule has 1 N–H and O–H groups in total. The number of hydrogen-bond donors (Lipinski definition) is 1. The Balaban J connectivity index is 2.18. The molecule has 1 aromatic rings. The van der Waals surface area contributed by atoms with Crippen molar-refractivity contribution in [2.24, 2.45) is 0 Å². The molecule has 4 nitrogen and oxygen atoms in total. The normalized spacial score (nSPS) is 16.4. The summed E-state index contributed by atoms with van der Waals surface area (Å²) < 4.78 is 0. The number of likely N-dealkylation sites (tertiary alicyclic amines) is 1. The van der Waals surface area contributed by atoms with Gasteiger partial charge in [-0.1, -0.05) is 19.3 Å². The van der Waals surface area contributed by atoms with Crippen LogP contribution in [0.15, 0.2) is 12.3 Å². The van der Waals surface area contributed by atoms with Crippen molar-refractivity contribution in [3.05, 3.63) is 23.5 Å². The monoisotopic (exact) mass is 275 g/mol. The van der Waals surface area contributed by atoms with Gasteiger partial charge in [0.1, 0.15) is 0 Å². The second kappa shape index (κ2) is 7.27. The number of carbonyl (C=O) groups excluding carboxylic acids is 1. The van der Waals surface area contributed by atoms with Crippen molar-refractivity contribution >= 4 is 11.6 Å². The number of nitrogens with zero attached hydrogens (tertiary/aromatic N) is 2. The highest BCUT2D eigenvalue weighted by molar-refractivity contribution is 5.99. The van der Waals surface area contributed by atoms with Crippen LogP contribution in [0.25, 0.3) is 0 Å². The first kappa shape index (κ1) is 14.8. The van der Waals surface area contributed by atoms with Gasteiger partial charge in [0.05, 0.1) is 11.3 Å². The number of carbonyl (C=O) groups is 1. The molecule has 1 fully saturated rings. The van der Waals surface area contributed by atoms with Crippen LogP contribution in [0.4, 0.5) is 5.69 Å². The second-order valence-corrected chi connectivity index (χ2v) is 5.46. The fourth-order valence-electron chi connectivity index (χ4n) is 2.69. The number of nitrogens with one attached hydrogen (secondary N) is 1. The Bertz CT molecular complexity index is 451. The van der Waals surface area contributed by atoms with Crippen LogP contribution >= 0.6 is 0 Å². The molecule has 1 amide bonds. The van der Waals surface area contributed by atoms with Gasteiger partial charge in [-0.3, -0.25) is 9.78 Å². The molecule has 1 aliphatic rings. The van der Waals surface area contributed by atoms with Crippen LogP contribution in [0.5, 0.6) is 0 Å². The van der Waals surface area contributed by atoms with E-state index in [1.807, 2.05) is 24.8 Å². The van der Waals surface area contributed by atoms with E-state index in [-0.39, 0.29) is 5.91 Å². The summed E-state index contributed by atoms with van der Waals surface area (Å²) in [6.07, 6.45) is 7.71. The molecule has 0 saturated carbocycles. The highest BCUT2D eigenvalue weighted by atomic mass is 16.2. The van der Waals surface area contributed by atoms with Crippen molar-refractivity contribution < 1.29 is 4.79 Å². The van der Waals surface area contributed by atoms with Crippen molar-refractivity contribution in [2.45, 2.75) is 46.0 Å². The van der Waals surface area contributed by atoms with Gasteiger partial charge in [-0.25, -0.2) is 0 Å². The zero-order valence-electron chi connectivity index (χ0n) is 12.6. The summed E-state index contributed by atoms with van der Waals surface area (Å²) in [6.45, 7) is 6.55. The maximum Gasteiger partial charge on any atom is 0.257 e. The van der Waals surface area contributed by atoms with Gasteiger partial charge >= 0.3 is 0 Å². The quantitative estimate of drug-likeness (QED) is 0.921. The van der Waals surface area contributed by atoms with E-state index in [9.17, 15) is 4.79 Å². The lowest BCUT2D eigenvalue weighted by atomic mass is 10.1. The Morgan fingerprint density at radius 3 is 2.55 bits per heavy atom. The molecule has 4 heteroatoms. The molecule has 1 aliphatic heterocycles. The third kappa shape index (κ3) is 3.71. The average Bonchev–Trinajstić information content (AvgIpc) is 2.38. The summed E-state index contributed by atoms with van der Waals surface area (Å²) in [5.41, 5.74) is 2.55. The van der Waals surface area contributed by atoms with Gasteiger partial charge in [0, 0.05) is 31.5 Å². The van der Waals surface area contributed by atoms with Crippen LogP contribution in [-0.4, -0.2) is 35.4 Å². The third-order valence-corrected chi connectivity index (χ3v) is 3.78. The number of aryl methyl sites for hydroxylation is 1. The molecule has 1 saturated heterocycles. The largest absolute Gasteiger partial charge is 0.385 e. The van der Waals surface area contributed by atoms with Crippen LogP contribution in [0.1, 0.15) is 55.1 Å². The molecule has 110 valence electrons. The standard InChI is InChI=1S/C16H25N3O/c1-3-17-15-11-13(2)18-12-14(15)16(20)19-9-7-5-4-6-8-10-19/h11-12H,3-10H2,1-2H3,(H,17,18). The molecule has 2 heterocycles. The molecule has 0 aromatic carbocycles. The van der Waals surface area contributed by atoms with Crippen molar-refractivity contribution in [2.75, 3.05) is 25.0 Å². The average molecular weight is 275 g/mol. The van der Waals surface area contributed by atoms with Gasteiger partial charge < -0.3 is 10.2 Å². The Morgan fingerprint density at radius 2 is 1.90 bits per heavy atom. The molecule has 2 rings (SSSR count). The highest BCUT2D eigenvalue weighted by Gasteiger charge is 2.19. The van der Waals surface area contributed by atoms with Crippen molar-refractivity contribution in [3.8, 4) is 0 Å². The molecule has 0 aliphatic carbocycles. The molecule has 0 unspecified atom stereocenters. The minimum absolute atomic E-state index is 0.121. The van der Waals surface area contributed by atoms with Gasteiger partial charge in [-0.15, -0.1) is 0 Å². The Hall–Kier alpha value is -1.58. The first-order valence-electron chi connectivity index (χ1n) is 7.72. The molecule has 0 atom stereocenters. The van der Waals surface area contributed by atoms with E-state index in [1.54, 1.807) is 6.20 Å². The smallest absolute Gasteiger partial charge is 0.257 e. The summed E-state index contributed by atoms with van der Waals surface area (Å²) >= 11 is 0. The summed E-state index contributed by atoms with van der Waals surface area (Å²) in [5.74, 6) is 0.121. The van der Waals surface area contributed by atoms with Crippen LogP contribution in [-0.2, 0) is 0 Å². The summed E-state index contributed by atoms with van der Waals surface area (Å²) in [4.78, 5) is 19.0. The van der Waals surface area contributed by atoms with E-state index in [0.717, 1.165) is 43.9 Å². The zero-order valence-corrected chi connectivity index (χ0v) is 12.6. The van der Waals surface area contributed by atoms with Crippen LogP contribution in [0.2, 0.25) is 0 Å². The van der Waals surface area contributed by atoms with Gasteiger partial charge in [-0.2, -0.15) is 0 Å². The lowest BCUT2D eigenvalue weighted by Gasteiger charge is -2.25. The van der Waals surface area contributed by atoms with Gasteiger partial charge in [0.25, 0.3) is 5.91 Å². The van der Waals surface area contributed by atoms with Gasteiger partial charge in [-0.05, 0) is 32.8 Å². The minimum atomic E-state index is 0.121. The van der Waals surface area contributed by atoms with E-state index in [2.05, 4.69) is 10.3 Å². The molecular formula is C16H25N3O. The SMILES string of the molecule is CCNc1cc(C)ncc1C(=O)N1CCCCCCC1. The predicted molar refractivity (Wildman–Crippen MR) is 82.1 cm³/mol. The van der Waals surface area contributed by atoms with E-state index in [4.69, 9.17) is 0 Å². The number of amides is 1. The number of hydrogen-bond acceptors (Lipinski definition) is 3. The minimum Gasteiger partial charge on any atom is -0.385 e. The third-order valence-electron chi connectivity index (χ3n) is 3.78. The van der Waals surface area contributed by atoms with Crippen molar-refractivity contribution in [1.82, 2.24) is 9.88 Å². The number of rotatable bonds is 3. The maximum absolute atomic E-state index is 12.7. The number of pyridine rings is 1. The van der Waals surface area contributed by atoms with E-state index in [0.29, 0.717) is 5.56 Å². The second-order valence-electron chi connectivity index (χ2n) is 5.46. The van der Waals surface area contributed by atoms with Crippen LogP contribution < -0.4 is 5.32 Å². The van der Waals surface area contributed by atoms with Gasteiger partial charge in [0.15, 0.2) is 0 Å². The van der Waals surface area contributed by atoms with E-state index in [1.165, 1.54) is 19.3 Å². The molecule has 1 aromatic heterocycles. The predicted octanol–water partition coefficient (Wildman–Crippen LogP) is 3.23. The summed E-state index contributed by atoms with van der Waals surface area (Å²) in [5, 5.41) is 3.28. The fourth-order valence-corrected chi connectivity index (χ4v) is 2.69. The highest BCUT2D eigenvalue weighted by Crippen LogP contribution is 2.20. The van der Waals surface area contributed by atoms with Crippen LogP contribution in [0, 0.1) is 6.92 Å². The first-order valence-corrected chi connectivity index (χ1v) is 7.72. The molecule has 0 spiro atoms. The van der Waals surface area contributed by atoms with E-state index < -0.39 is 0 Å². The molecule has 20 heavy (non-hydrogen) atoms. The lowest BCUT2D eigenvalue weighted by molar-refractivity contribution is 0.0743. The number of anilines is 1. The Kier molecular flexibility index (Phi) is 5.39. The zero-order chi connectivity index (χ0) is 14.4.